The molecule has 5 heteroatoms. The smallest absolute Gasteiger partial charge is 0.259 e. The topological polar surface area (TPSA) is 59.2 Å². The van der Waals surface area contributed by atoms with E-state index in [1.165, 1.54) is 12.1 Å². The number of benzene rings is 1. The Kier molecular flexibility index (Phi) is 3.10. The second-order valence-electron chi connectivity index (χ2n) is 3.43. The van der Waals surface area contributed by atoms with E-state index in [1.54, 1.807) is 6.07 Å². The van der Waals surface area contributed by atoms with Gasteiger partial charge in [-0.25, -0.2) is 0 Å². The molecule has 1 aromatic carbocycles. The zero-order chi connectivity index (χ0) is 11.5. The molecule has 1 heterocycles. The first-order valence-corrected chi connectivity index (χ1v) is 5.40. The molecule has 1 N–H and O–H groups in total. The second kappa shape index (κ2) is 4.53. The van der Waals surface area contributed by atoms with E-state index in [9.17, 15) is 5.11 Å². The zero-order valence-electron chi connectivity index (χ0n) is 8.77. The van der Waals surface area contributed by atoms with Gasteiger partial charge in [-0.3, -0.25) is 0 Å². The van der Waals surface area contributed by atoms with E-state index >= 15 is 0 Å². The van der Waals surface area contributed by atoms with Crippen LogP contribution in [-0.4, -0.2) is 15.2 Å². The Morgan fingerprint density at radius 2 is 2.25 bits per heavy atom. The molecule has 0 aliphatic rings. The Balaban J connectivity index is 2.38. The minimum Gasteiger partial charge on any atom is -0.508 e. The van der Waals surface area contributed by atoms with E-state index in [0.29, 0.717) is 22.3 Å². The maximum Gasteiger partial charge on any atom is 0.259 e. The average molecular weight is 239 g/mol. The third-order valence-corrected chi connectivity index (χ3v) is 2.45. The summed E-state index contributed by atoms with van der Waals surface area (Å²) in [6, 6.07) is 4.61. The van der Waals surface area contributed by atoms with Crippen molar-refractivity contribution in [2.24, 2.45) is 0 Å². The van der Waals surface area contributed by atoms with E-state index in [4.69, 9.17) is 16.1 Å². The Hall–Kier alpha value is -1.55. The molecule has 0 saturated carbocycles. The molecule has 16 heavy (non-hydrogen) atoms. The molecule has 2 rings (SSSR count). The molecule has 1 aromatic heterocycles. The predicted molar refractivity (Wildman–Crippen MR) is 60.4 cm³/mol. The number of aryl methyl sites for hydroxylation is 1. The molecule has 0 unspecified atom stereocenters. The fourth-order valence-corrected chi connectivity index (χ4v) is 1.56. The van der Waals surface area contributed by atoms with Crippen LogP contribution in [0.2, 0.25) is 5.02 Å². The summed E-state index contributed by atoms with van der Waals surface area (Å²) in [5.74, 6) is 1.11. The van der Waals surface area contributed by atoms with E-state index in [1.807, 2.05) is 6.92 Å². The van der Waals surface area contributed by atoms with Crippen molar-refractivity contribution in [2.45, 2.75) is 19.8 Å². The van der Waals surface area contributed by atoms with Gasteiger partial charge in [0.1, 0.15) is 5.75 Å². The fraction of sp³-hybridized carbons (Fsp3) is 0.273. The highest BCUT2D eigenvalue weighted by Crippen LogP contribution is 2.29. The Morgan fingerprint density at radius 3 is 3.00 bits per heavy atom. The molecule has 0 spiro atoms. The quantitative estimate of drug-likeness (QED) is 0.893. The summed E-state index contributed by atoms with van der Waals surface area (Å²) in [6.07, 6.45) is 1.71. The number of hydrogen-bond donors (Lipinski definition) is 1. The first kappa shape index (κ1) is 11.0. The summed E-state index contributed by atoms with van der Waals surface area (Å²) in [6.45, 7) is 2.04. The van der Waals surface area contributed by atoms with Gasteiger partial charge in [-0.2, -0.15) is 4.98 Å². The lowest BCUT2D eigenvalue weighted by atomic mass is 10.2. The largest absolute Gasteiger partial charge is 0.508 e. The number of phenols is 1. The molecular formula is C11H11ClN2O2. The SMILES string of the molecule is CCCc1noc(-c2cc(O)ccc2Cl)n1. The lowest BCUT2D eigenvalue weighted by Crippen LogP contribution is -1.85. The predicted octanol–water partition coefficient (Wildman–Crippen LogP) is 3.05. The van der Waals surface area contributed by atoms with Gasteiger partial charge in [0.05, 0.1) is 10.6 Å². The van der Waals surface area contributed by atoms with Crippen LogP contribution in [0.15, 0.2) is 22.7 Å². The normalized spacial score (nSPS) is 10.6. The molecule has 2 aromatic rings. The standard InChI is InChI=1S/C11H11ClN2O2/c1-2-3-10-13-11(16-14-10)8-6-7(15)4-5-9(8)12/h4-6,15H,2-3H2,1H3. The van der Waals surface area contributed by atoms with Crippen molar-refractivity contribution < 1.29 is 9.63 Å². The van der Waals surface area contributed by atoms with Gasteiger partial charge in [-0.05, 0) is 24.6 Å². The van der Waals surface area contributed by atoms with Gasteiger partial charge in [0, 0.05) is 6.42 Å². The van der Waals surface area contributed by atoms with Crippen LogP contribution in [-0.2, 0) is 6.42 Å². The van der Waals surface area contributed by atoms with Crippen molar-refractivity contribution in [3.05, 3.63) is 29.0 Å². The van der Waals surface area contributed by atoms with Crippen LogP contribution >= 0.6 is 11.6 Å². The van der Waals surface area contributed by atoms with Crippen molar-refractivity contribution in [1.82, 2.24) is 10.1 Å². The molecule has 0 aliphatic heterocycles. The molecular weight excluding hydrogens is 228 g/mol. The molecule has 0 bridgehead atoms. The number of aromatic hydroxyl groups is 1. The van der Waals surface area contributed by atoms with Crippen LogP contribution in [0.25, 0.3) is 11.5 Å². The first-order chi connectivity index (χ1) is 7.70. The molecule has 4 nitrogen and oxygen atoms in total. The van der Waals surface area contributed by atoms with Crippen LogP contribution in [0.5, 0.6) is 5.75 Å². The van der Waals surface area contributed by atoms with Crippen LogP contribution in [0.3, 0.4) is 0 Å². The summed E-state index contributed by atoms with van der Waals surface area (Å²) >= 11 is 5.98. The Bertz CT molecular complexity index is 496. The molecule has 0 aliphatic carbocycles. The number of hydrogen-bond acceptors (Lipinski definition) is 4. The molecule has 0 saturated heterocycles. The maximum absolute atomic E-state index is 9.36. The zero-order valence-corrected chi connectivity index (χ0v) is 9.53. The summed E-state index contributed by atoms with van der Waals surface area (Å²) in [7, 11) is 0. The van der Waals surface area contributed by atoms with Crippen molar-refractivity contribution >= 4 is 11.6 Å². The highest BCUT2D eigenvalue weighted by Gasteiger charge is 2.12. The van der Waals surface area contributed by atoms with Crippen LogP contribution < -0.4 is 0 Å². The van der Waals surface area contributed by atoms with Gasteiger partial charge < -0.3 is 9.63 Å². The van der Waals surface area contributed by atoms with E-state index in [0.717, 1.165) is 12.8 Å². The highest BCUT2D eigenvalue weighted by molar-refractivity contribution is 6.33. The molecule has 0 fully saturated rings. The summed E-state index contributed by atoms with van der Waals surface area (Å²) < 4.78 is 5.08. The van der Waals surface area contributed by atoms with E-state index in [-0.39, 0.29) is 5.75 Å². The number of halogens is 1. The number of nitrogens with zero attached hydrogens (tertiary/aromatic N) is 2. The van der Waals surface area contributed by atoms with Gasteiger partial charge in [0.25, 0.3) is 5.89 Å². The number of phenolic OH excluding ortho intramolecular Hbond substituents is 1. The molecule has 0 amide bonds. The van der Waals surface area contributed by atoms with Gasteiger partial charge in [-0.1, -0.05) is 23.7 Å². The van der Waals surface area contributed by atoms with Crippen molar-refractivity contribution in [3.63, 3.8) is 0 Å². The molecule has 0 radical (unpaired) electrons. The van der Waals surface area contributed by atoms with Crippen molar-refractivity contribution in [1.29, 1.82) is 0 Å². The Morgan fingerprint density at radius 1 is 1.44 bits per heavy atom. The van der Waals surface area contributed by atoms with Crippen LogP contribution in [0.4, 0.5) is 0 Å². The number of aromatic nitrogens is 2. The van der Waals surface area contributed by atoms with E-state index < -0.39 is 0 Å². The average Bonchev–Trinajstić information content (AvgIpc) is 2.71. The third-order valence-electron chi connectivity index (χ3n) is 2.12. The maximum atomic E-state index is 9.36. The van der Waals surface area contributed by atoms with Crippen LogP contribution in [0, 0.1) is 0 Å². The van der Waals surface area contributed by atoms with Crippen molar-refractivity contribution in [2.75, 3.05) is 0 Å². The lowest BCUT2D eigenvalue weighted by Gasteiger charge is -1.98. The molecule has 84 valence electrons. The number of rotatable bonds is 3. The minimum absolute atomic E-state index is 0.120. The van der Waals surface area contributed by atoms with Gasteiger partial charge in [0.2, 0.25) is 0 Å². The summed E-state index contributed by atoms with van der Waals surface area (Å²) in [4.78, 5) is 4.20. The molecule has 0 atom stereocenters. The van der Waals surface area contributed by atoms with Gasteiger partial charge in [-0.15, -0.1) is 0 Å². The summed E-state index contributed by atoms with van der Waals surface area (Å²) in [5, 5.41) is 13.7. The van der Waals surface area contributed by atoms with Gasteiger partial charge >= 0.3 is 0 Å². The third kappa shape index (κ3) is 2.17. The first-order valence-electron chi connectivity index (χ1n) is 5.02. The monoisotopic (exact) mass is 238 g/mol. The van der Waals surface area contributed by atoms with Crippen LogP contribution in [0.1, 0.15) is 19.2 Å². The van der Waals surface area contributed by atoms with Gasteiger partial charge in [0.15, 0.2) is 5.82 Å². The summed E-state index contributed by atoms with van der Waals surface area (Å²) in [5.41, 5.74) is 0.552. The highest BCUT2D eigenvalue weighted by atomic mass is 35.5. The Labute approximate surface area is 97.9 Å². The fourth-order valence-electron chi connectivity index (χ4n) is 1.37. The van der Waals surface area contributed by atoms with E-state index in [2.05, 4.69) is 10.1 Å². The van der Waals surface area contributed by atoms with Crippen molar-refractivity contribution in [3.8, 4) is 17.2 Å². The second-order valence-corrected chi connectivity index (χ2v) is 3.84. The lowest BCUT2D eigenvalue weighted by molar-refractivity contribution is 0.421. The minimum atomic E-state index is 0.120.